The summed E-state index contributed by atoms with van der Waals surface area (Å²) >= 11 is 0. The van der Waals surface area contributed by atoms with Crippen molar-refractivity contribution >= 4 is 11.8 Å². The molecule has 2 amide bonds. The summed E-state index contributed by atoms with van der Waals surface area (Å²) in [6, 6.07) is 7.54. The quantitative estimate of drug-likeness (QED) is 0.730. The van der Waals surface area contributed by atoms with Crippen molar-refractivity contribution in [2.24, 2.45) is 0 Å². The molecule has 2 fully saturated rings. The zero-order chi connectivity index (χ0) is 15.7. The monoisotopic (exact) mass is 297 g/mol. The fourth-order valence-corrected chi connectivity index (χ4v) is 3.08. The number of likely N-dealkylation sites (N-methyl/N-ethyl adjacent to an activating group) is 1. The molecule has 5 nitrogen and oxygen atoms in total. The number of carbonyl (C=O) groups excluding carboxylic acids is 2. The van der Waals surface area contributed by atoms with Crippen LogP contribution in [0.2, 0.25) is 0 Å². The Kier molecular flexibility index (Phi) is 3.86. The van der Waals surface area contributed by atoms with E-state index in [1.807, 2.05) is 24.3 Å². The van der Waals surface area contributed by atoms with E-state index in [4.69, 9.17) is 6.42 Å². The van der Waals surface area contributed by atoms with Crippen LogP contribution < -0.4 is 0 Å². The van der Waals surface area contributed by atoms with Crippen molar-refractivity contribution < 1.29 is 9.59 Å². The average Bonchev–Trinajstić information content (AvgIpc) is 2.53. The van der Waals surface area contributed by atoms with Crippen LogP contribution in [0.15, 0.2) is 24.3 Å². The van der Waals surface area contributed by atoms with E-state index in [0.717, 1.165) is 24.2 Å². The predicted molar refractivity (Wildman–Crippen MR) is 82.8 cm³/mol. The standard InChI is InChI=1S/C17H19N3O2/c1-3-13-4-6-14(7-5-13)10-19-8-9-20-15(11-19)17(22)18(2)12-16(20)21/h1,4-7,15H,8-12H2,2H3/t15-/m1/s1. The normalized spacial score (nSPS) is 22.5. The van der Waals surface area contributed by atoms with Crippen LogP contribution in [0.25, 0.3) is 0 Å². The minimum absolute atomic E-state index is 0.0342. The highest BCUT2D eigenvalue weighted by Crippen LogP contribution is 2.19. The van der Waals surface area contributed by atoms with Gasteiger partial charge in [0.1, 0.15) is 6.04 Å². The highest BCUT2D eigenvalue weighted by atomic mass is 16.2. The largest absolute Gasteiger partial charge is 0.335 e. The number of piperazine rings is 2. The fraction of sp³-hybridized carbons (Fsp3) is 0.412. The van der Waals surface area contributed by atoms with Crippen molar-refractivity contribution in [3.05, 3.63) is 35.4 Å². The fourth-order valence-electron chi connectivity index (χ4n) is 3.08. The lowest BCUT2D eigenvalue weighted by Crippen LogP contribution is -2.65. The van der Waals surface area contributed by atoms with Gasteiger partial charge in [-0.05, 0) is 17.7 Å². The summed E-state index contributed by atoms with van der Waals surface area (Å²) in [6.07, 6.45) is 5.36. The van der Waals surface area contributed by atoms with Gasteiger partial charge in [-0.15, -0.1) is 6.42 Å². The third-order valence-corrected chi connectivity index (χ3v) is 4.35. The molecule has 0 aliphatic carbocycles. The predicted octanol–water partition coefficient (Wildman–Crippen LogP) is 0.153. The summed E-state index contributed by atoms with van der Waals surface area (Å²) in [5.41, 5.74) is 2.03. The zero-order valence-electron chi connectivity index (χ0n) is 12.7. The first-order valence-electron chi connectivity index (χ1n) is 7.41. The maximum atomic E-state index is 12.3. The summed E-state index contributed by atoms with van der Waals surface area (Å²) in [4.78, 5) is 29.7. The Morgan fingerprint density at radius 3 is 2.64 bits per heavy atom. The van der Waals surface area contributed by atoms with Crippen molar-refractivity contribution in [1.82, 2.24) is 14.7 Å². The van der Waals surface area contributed by atoms with Gasteiger partial charge in [-0.25, -0.2) is 0 Å². The molecule has 2 aliphatic heterocycles. The third-order valence-electron chi connectivity index (χ3n) is 4.35. The minimum atomic E-state index is -0.343. The van der Waals surface area contributed by atoms with Crippen LogP contribution in [0, 0.1) is 12.3 Å². The SMILES string of the molecule is C#Cc1ccc(CN2CCN3C(=O)CN(C)C(=O)[C@H]3C2)cc1. The molecule has 1 atom stereocenters. The molecule has 3 rings (SSSR count). The van der Waals surface area contributed by atoms with Gasteiger partial charge in [0.25, 0.3) is 0 Å². The maximum absolute atomic E-state index is 12.3. The Morgan fingerprint density at radius 1 is 1.23 bits per heavy atom. The summed E-state index contributed by atoms with van der Waals surface area (Å²) < 4.78 is 0. The van der Waals surface area contributed by atoms with E-state index in [1.165, 1.54) is 4.90 Å². The molecular formula is C17H19N3O2. The number of hydrogen-bond acceptors (Lipinski definition) is 3. The second-order valence-corrected chi connectivity index (χ2v) is 5.87. The number of amides is 2. The highest BCUT2D eigenvalue weighted by Gasteiger charge is 2.40. The molecule has 5 heteroatoms. The number of nitrogens with zero attached hydrogens (tertiary/aromatic N) is 3. The Morgan fingerprint density at radius 2 is 1.95 bits per heavy atom. The van der Waals surface area contributed by atoms with E-state index < -0.39 is 0 Å². The van der Waals surface area contributed by atoms with Crippen molar-refractivity contribution in [2.45, 2.75) is 12.6 Å². The van der Waals surface area contributed by atoms with Crippen LogP contribution in [0.4, 0.5) is 0 Å². The van der Waals surface area contributed by atoms with E-state index in [2.05, 4.69) is 10.8 Å². The lowest BCUT2D eigenvalue weighted by Gasteiger charge is -2.45. The van der Waals surface area contributed by atoms with Gasteiger partial charge in [0.15, 0.2) is 0 Å². The average molecular weight is 297 g/mol. The van der Waals surface area contributed by atoms with Gasteiger partial charge < -0.3 is 9.80 Å². The lowest BCUT2D eigenvalue weighted by atomic mass is 10.1. The number of rotatable bonds is 2. The van der Waals surface area contributed by atoms with Gasteiger partial charge in [-0.1, -0.05) is 18.1 Å². The molecule has 0 unspecified atom stereocenters. The van der Waals surface area contributed by atoms with Crippen LogP contribution in [0.1, 0.15) is 11.1 Å². The van der Waals surface area contributed by atoms with Gasteiger partial charge in [-0.2, -0.15) is 0 Å². The van der Waals surface area contributed by atoms with Crippen LogP contribution >= 0.6 is 0 Å². The second-order valence-electron chi connectivity index (χ2n) is 5.87. The first-order chi connectivity index (χ1) is 10.6. The highest BCUT2D eigenvalue weighted by molar-refractivity contribution is 5.95. The van der Waals surface area contributed by atoms with Crippen LogP contribution in [0.5, 0.6) is 0 Å². The lowest BCUT2D eigenvalue weighted by molar-refractivity contribution is -0.158. The molecule has 2 aliphatic rings. The van der Waals surface area contributed by atoms with Crippen molar-refractivity contribution in [1.29, 1.82) is 0 Å². The van der Waals surface area contributed by atoms with Crippen molar-refractivity contribution in [3.63, 3.8) is 0 Å². The molecule has 0 bridgehead atoms. The van der Waals surface area contributed by atoms with Gasteiger partial charge in [0.05, 0.1) is 6.54 Å². The Bertz CT molecular complexity index is 632. The van der Waals surface area contributed by atoms with Gasteiger partial charge in [-0.3, -0.25) is 14.5 Å². The van der Waals surface area contributed by atoms with E-state index in [-0.39, 0.29) is 24.4 Å². The molecule has 2 heterocycles. The zero-order valence-corrected chi connectivity index (χ0v) is 12.7. The van der Waals surface area contributed by atoms with Gasteiger partial charge in [0.2, 0.25) is 11.8 Å². The Labute approximate surface area is 130 Å². The molecule has 0 radical (unpaired) electrons. The first kappa shape index (κ1) is 14.6. The summed E-state index contributed by atoms with van der Waals surface area (Å²) in [5, 5.41) is 0. The van der Waals surface area contributed by atoms with Gasteiger partial charge in [0, 0.05) is 38.8 Å². The Hall–Kier alpha value is -2.32. The molecule has 0 aromatic heterocycles. The second kappa shape index (κ2) is 5.82. The first-order valence-corrected chi connectivity index (χ1v) is 7.41. The Balaban J connectivity index is 1.68. The van der Waals surface area contributed by atoms with E-state index in [0.29, 0.717) is 13.1 Å². The van der Waals surface area contributed by atoms with Crippen molar-refractivity contribution in [3.8, 4) is 12.3 Å². The molecule has 0 saturated carbocycles. The van der Waals surface area contributed by atoms with E-state index >= 15 is 0 Å². The molecule has 1 aromatic rings. The van der Waals surface area contributed by atoms with Gasteiger partial charge >= 0.3 is 0 Å². The van der Waals surface area contributed by atoms with E-state index in [1.54, 1.807) is 11.9 Å². The summed E-state index contributed by atoms with van der Waals surface area (Å²) in [5.74, 6) is 2.68. The molecule has 114 valence electrons. The van der Waals surface area contributed by atoms with E-state index in [9.17, 15) is 9.59 Å². The van der Waals surface area contributed by atoms with Crippen LogP contribution in [0.3, 0.4) is 0 Å². The summed E-state index contributed by atoms with van der Waals surface area (Å²) in [7, 11) is 1.69. The molecule has 0 N–H and O–H groups in total. The molecule has 22 heavy (non-hydrogen) atoms. The minimum Gasteiger partial charge on any atom is -0.335 e. The number of benzene rings is 1. The number of fused-ring (bicyclic) bond motifs is 1. The topological polar surface area (TPSA) is 43.9 Å². The smallest absolute Gasteiger partial charge is 0.246 e. The maximum Gasteiger partial charge on any atom is 0.246 e. The van der Waals surface area contributed by atoms with Crippen LogP contribution in [-0.4, -0.2) is 65.8 Å². The third kappa shape index (κ3) is 2.70. The number of terminal acetylenes is 1. The summed E-state index contributed by atoms with van der Waals surface area (Å²) in [6.45, 7) is 2.96. The molecule has 1 aromatic carbocycles. The number of hydrogen-bond donors (Lipinski definition) is 0. The number of carbonyl (C=O) groups is 2. The van der Waals surface area contributed by atoms with Crippen LogP contribution in [-0.2, 0) is 16.1 Å². The molecule has 2 saturated heterocycles. The van der Waals surface area contributed by atoms with Crippen molar-refractivity contribution in [2.75, 3.05) is 33.2 Å². The molecular weight excluding hydrogens is 278 g/mol. The molecule has 0 spiro atoms.